The van der Waals surface area contributed by atoms with Crippen LogP contribution in [-0.2, 0) is 12.7 Å². The maximum Gasteiger partial charge on any atom is 0.417 e. The Morgan fingerprint density at radius 2 is 1.69 bits per heavy atom. The van der Waals surface area contributed by atoms with E-state index >= 15 is 0 Å². The number of carbonyl (C=O) groups is 1. The number of halogens is 3. The summed E-state index contributed by atoms with van der Waals surface area (Å²) in [5.41, 5.74) is 3.32. The lowest BCUT2D eigenvalue weighted by Gasteiger charge is -2.18. The third-order valence-corrected chi connectivity index (χ3v) is 5.57. The van der Waals surface area contributed by atoms with E-state index in [0.29, 0.717) is 24.1 Å². The lowest BCUT2D eigenvalue weighted by molar-refractivity contribution is -0.137. The average molecular weight is 480 g/mol. The minimum atomic E-state index is -4.46. The van der Waals surface area contributed by atoms with Crippen molar-refractivity contribution in [1.29, 1.82) is 0 Å². The molecule has 0 atom stereocenters. The lowest BCUT2D eigenvalue weighted by Crippen LogP contribution is -2.26. The number of hydrogen-bond donors (Lipinski definition) is 0. The first kappa shape index (κ1) is 24.0. The molecule has 1 amide bonds. The van der Waals surface area contributed by atoms with Crippen molar-refractivity contribution in [2.75, 3.05) is 7.05 Å². The van der Waals surface area contributed by atoms with Gasteiger partial charge in [0, 0.05) is 42.7 Å². The van der Waals surface area contributed by atoms with Crippen LogP contribution in [-0.4, -0.2) is 32.6 Å². The van der Waals surface area contributed by atoms with Crippen molar-refractivity contribution >= 4 is 5.91 Å². The van der Waals surface area contributed by atoms with Crippen LogP contribution >= 0.6 is 0 Å². The van der Waals surface area contributed by atoms with Gasteiger partial charge in [0.05, 0.1) is 16.9 Å². The number of aromatic nitrogens is 3. The Morgan fingerprint density at radius 1 is 1.00 bits per heavy atom. The second-order valence-corrected chi connectivity index (χ2v) is 8.07. The van der Waals surface area contributed by atoms with Crippen LogP contribution in [0.5, 0.6) is 11.6 Å². The summed E-state index contributed by atoms with van der Waals surface area (Å²) in [7, 11) is 1.72. The van der Waals surface area contributed by atoms with Crippen molar-refractivity contribution in [2.45, 2.75) is 26.6 Å². The smallest absolute Gasteiger partial charge is 0.417 e. The highest BCUT2D eigenvalue weighted by Gasteiger charge is 2.30. The topological polar surface area (TPSA) is 60.2 Å². The van der Waals surface area contributed by atoms with E-state index in [1.54, 1.807) is 36.2 Å². The van der Waals surface area contributed by atoms with E-state index in [1.165, 1.54) is 0 Å². The Bertz CT molecular complexity index is 1320. The molecule has 0 aliphatic carbocycles. The number of pyridine rings is 1. The van der Waals surface area contributed by atoms with Crippen LogP contribution in [0.25, 0.3) is 5.69 Å². The number of ether oxygens (including phenoxy) is 1. The maximum absolute atomic E-state index is 13.0. The zero-order chi connectivity index (χ0) is 25.2. The van der Waals surface area contributed by atoms with Crippen molar-refractivity contribution in [3.05, 3.63) is 101 Å². The first-order chi connectivity index (χ1) is 16.6. The molecule has 0 spiro atoms. The number of hydrogen-bond acceptors (Lipinski definition) is 4. The van der Waals surface area contributed by atoms with Crippen molar-refractivity contribution in [3.63, 3.8) is 0 Å². The lowest BCUT2D eigenvalue weighted by atomic mass is 10.1. The normalized spacial score (nSPS) is 11.4. The second kappa shape index (κ2) is 9.61. The molecule has 0 saturated heterocycles. The largest absolute Gasteiger partial charge is 0.439 e. The van der Waals surface area contributed by atoms with Gasteiger partial charge in [-0.2, -0.15) is 18.3 Å². The van der Waals surface area contributed by atoms with E-state index in [0.717, 1.165) is 34.8 Å². The van der Waals surface area contributed by atoms with Gasteiger partial charge in [0.1, 0.15) is 5.75 Å². The van der Waals surface area contributed by atoms with Crippen molar-refractivity contribution < 1.29 is 22.7 Å². The molecule has 0 aliphatic heterocycles. The van der Waals surface area contributed by atoms with Crippen molar-refractivity contribution in [3.8, 4) is 17.3 Å². The first-order valence-corrected chi connectivity index (χ1v) is 10.8. The SMILES string of the molecule is Cc1nn(-c2ccccc2)c(C)c1CN(C)C(=O)c1ccc(Oc2ccc(C(F)(F)F)cn2)cc1. The monoisotopic (exact) mass is 480 g/mol. The fourth-order valence-electron chi connectivity index (χ4n) is 3.65. The molecule has 0 unspecified atom stereocenters. The van der Waals surface area contributed by atoms with Crippen LogP contribution in [0.15, 0.2) is 72.9 Å². The van der Waals surface area contributed by atoms with Crippen LogP contribution in [0.2, 0.25) is 0 Å². The van der Waals surface area contributed by atoms with E-state index in [4.69, 9.17) is 4.74 Å². The first-order valence-electron chi connectivity index (χ1n) is 10.8. The fourth-order valence-corrected chi connectivity index (χ4v) is 3.65. The molecule has 4 rings (SSSR count). The molecular formula is C26H23F3N4O2. The van der Waals surface area contributed by atoms with Crippen LogP contribution < -0.4 is 4.74 Å². The predicted molar refractivity (Wildman–Crippen MR) is 125 cm³/mol. The third-order valence-electron chi connectivity index (χ3n) is 5.57. The van der Waals surface area contributed by atoms with Gasteiger partial charge in [0.2, 0.25) is 5.88 Å². The molecule has 0 N–H and O–H groups in total. The summed E-state index contributed by atoms with van der Waals surface area (Å²) in [5, 5.41) is 4.63. The molecule has 0 bridgehead atoms. The quantitative estimate of drug-likeness (QED) is 0.341. The molecule has 2 aromatic heterocycles. The van der Waals surface area contributed by atoms with Crippen LogP contribution in [0, 0.1) is 13.8 Å². The maximum atomic E-state index is 13.0. The van der Waals surface area contributed by atoms with Gasteiger partial charge in [-0.15, -0.1) is 0 Å². The van der Waals surface area contributed by atoms with E-state index in [9.17, 15) is 18.0 Å². The van der Waals surface area contributed by atoms with Gasteiger partial charge in [0.15, 0.2) is 0 Å². The number of rotatable bonds is 6. The van der Waals surface area contributed by atoms with E-state index in [2.05, 4.69) is 10.1 Å². The zero-order valence-corrected chi connectivity index (χ0v) is 19.4. The summed E-state index contributed by atoms with van der Waals surface area (Å²) in [4.78, 5) is 18.3. The molecule has 0 saturated carbocycles. The highest BCUT2D eigenvalue weighted by molar-refractivity contribution is 5.94. The summed E-state index contributed by atoms with van der Waals surface area (Å²) in [6, 6.07) is 18.2. The van der Waals surface area contributed by atoms with Gasteiger partial charge in [-0.1, -0.05) is 18.2 Å². The minimum absolute atomic E-state index is 0.0237. The van der Waals surface area contributed by atoms with Crippen LogP contribution in [0.1, 0.15) is 32.9 Å². The summed E-state index contributed by atoms with van der Waals surface area (Å²) < 4.78 is 45.4. The highest BCUT2D eigenvalue weighted by Crippen LogP contribution is 2.30. The van der Waals surface area contributed by atoms with Gasteiger partial charge in [-0.05, 0) is 56.3 Å². The molecule has 0 radical (unpaired) electrons. The van der Waals surface area contributed by atoms with Gasteiger partial charge in [-0.25, -0.2) is 9.67 Å². The standard InChI is InChI=1S/C26H23F3N4O2/c1-17-23(18(2)33(31-17)21-7-5-4-6-8-21)16-32(3)25(34)19-9-12-22(13-10-19)35-24-14-11-20(15-30-24)26(27,28)29/h4-15H,16H2,1-3H3. The van der Waals surface area contributed by atoms with Gasteiger partial charge < -0.3 is 9.64 Å². The van der Waals surface area contributed by atoms with E-state index < -0.39 is 11.7 Å². The number of benzene rings is 2. The summed E-state index contributed by atoms with van der Waals surface area (Å²) in [6.07, 6.45) is -3.75. The van der Waals surface area contributed by atoms with Crippen LogP contribution in [0.4, 0.5) is 13.2 Å². The molecule has 6 nitrogen and oxygen atoms in total. The number of aryl methyl sites for hydroxylation is 1. The Labute approximate surface area is 200 Å². The summed E-state index contributed by atoms with van der Waals surface area (Å²) in [6.45, 7) is 4.28. The number of para-hydroxylation sites is 1. The number of nitrogens with zero attached hydrogens (tertiary/aromatic N) is 4. The molecule has 35 heavy (non-hydrogen) atoms. The molecule has 2 aromatic carbocycles. The molecule has 9 heteroatoms. The van der Waals surface area contributed by atoms with Crippen molar-refractivity contribution in [1.82, 2.24) is 19.7 Å². The summed E-state index contributed by atoms with van der Waals surface area (Å²) in [5.74, 6) is 0.193. The molecule has 4 aromatic rings. The Hall–Kier alpha value is -4.14. The van der Waals surface area contributed by atoms with Gasteiger partial charge in [0.25, 0.3) is 5.91 Å². The van der Waals surface area contributed by atoms with E-state index in [-0.39, 0.29) is 11.8 Å². The van der Waals surface area contributed by atoms with Gasteiger partial charge >= 0.3 is 6.18 Å². The minimum Gasteiger partial charge on any atom is -0.439 e. The molecule has 0 fully saturated rings. The fraction of sp³-hybridized carbons (Fsp3) is 0.192. The number of alkyl halides is 3. The van der Waals surface area contributed by atoms with E-state index in [1.807, 2.05) is 48.9 Å². The van der Waals surface area contributed by atoms with Gasteiger partial charge in [-0.3, -0.25) is 4.79 Å². The molecule has 2 heterocycles. The highest BCUT2D eigenvalue weighted by atomic mass is 19.4. The zero-order valence-electron chi connectivity index (χ0n) is 19.4. The Kier molecular flexibility index (Phi) is 6.59. The average Bonchev–Trinajstić information content (AvgIpc) is 3.12. The second-order valence-electron chi connectivity index (χ2n) is 8.07. The number of carbonyl (C=O) groups excluding carboxylic acids is 1. The molecule has 180 valence electrons. The third kappa shape index (κ3) is 5.34. The number of amides is 1. The Morgan fingerprint density at radius 3 is 2.29 bits per heavy atom. The predicted octanol–water partition coefficient (Wildman–Crippen LogP) is 5.97. The molecule has 0 aliphatic rings. The van der Waals surface area contributed by atoms with Crippen LogP contribution in [0.3, 0.4) is 0 Å². The summed E-state index contributed by atoms with van der Waals surface area (Å²) >= 11 is 0. The Balaban J connectivity index is 1.43. The molecular weight excluding hydrogens is 457 g/mol. The van der Waals surface area contributed by atoms with Crippen molar-refractivity contribution in [2.24, 2.45) is 0 Å².